The van der Waals surface area contributed by atoms with Crippen LogP contribution in [0.15, 0.2) is 18.5 Å². The number of hydrogen-bond acceptors (Lipinski definition) is 4. The van der Waals surface area contributed by atoms with Gasteiger partial charge in [0.05, 0.1) is 0 Å². The third-order valence-electron chi connectivity index (χ3n) is 2.26. The molecule has 0 bridgehead atoms. The zero-order valence-corrected chi connectivity index (χ0v) is 8.25. The summed E-state index contributed by atoms with van der Waals surface area (Å²) in [5.74, 6) is 0.229. The van der Waals surface area contributed by atoms with Crippen LogP contribution in [-0.2, 0) is 23.1 Å². The van der Waals surface area contributed by atoms with E-state index < -0.39 is 0 Å². The molecule has 1 aliphatic heterocycles. The SMILES string of the molecule is Cn1cnnc1CCN1C(=O)C=CC1=O. The van der Waals surface area contributed by atoms with Gasteiger partial charge >= 0.3 is 0 Å². The van der Waals surface area contributed by atoms with Gasteiger partial charge in [-0.05, 0) is 0 Å². The minimum atomic E-state index is -0.262. The van der Waals surface area contributed by atoms with E-state index in [2.05, 4.69) is 10.2 Å². The Kier molecular flexibility index (Phi) is 2.32. The van der Waals surface area contributed by atoms with Crippen LogP contribution in [0.25, 0.3) is 0 Å². The fourth-order valence-corrected chi connectivity index (χ4v) is 1.40. The van der Waals surface area contributed by atoms with E-state index in [-0.39, 0.29) is 11.8 Å². The number of imide groups is 1. The maximum atomic E-state index is 11.2. The molecule has 2 amide bonds. The molecule has 0 spiro atoms. The van der Waals surface area contributed by atoms with Crippen molar-refractivity contribution < 1.29 is 9.59 Å². The maximum Gasteiger partial charge on any atom is 0.253 e. The van der Waals surface area contributed by atoms with Gasteiger partial charge in [0, 0.05) is 32.2 Å². The second kappa shape index (κ2) is 3.64. The summed E-state index contributed by atoms with van der Waals surface area (Å²) in [5.41, 5.74) is 0. The Hall–Kier alpha value is -1.98. The van der Waals surface area contributed by atoms with Crippen molar-refractivity contribution in [3.05, 3.63) is 24.3 Å². The van der Waals surface area contributed by atoms with Gasteiger partial charge in [-0.25, -0.2) is 0 Å². The molecule has 0 N–H and O–H groups in total. The Labute approximate surface area is 86.2 Å². The molecule has 0 saturated heterocycles. The topological polar surface area (TPSA) is 68.1 Å². The first-order valence-electron chi connectivity index (χ1n) is 4.55. The second-order valence-electron chi connectivity index (χ2n) is 3.27. The van der Waals surface area contributed by atoms with Crippen LogP contribution in [0.2, 0.25) is 0 Å². The van der Waals surface area contributed by atoms with E-state index in [1.165, 1.54) is 17.1 Å². The predicted molar refractivity (Wildman–Crippen MR) is 50.6 cm³/mol. The fourth-order valence-electron chi connectivity index (χ4n) is 1.40. The first kappa shape index (κ1) is 9.57. The van der Waals surface area contributed by atoms with E-state index >= 15 is 0 Å². The average molecular weight is 206 g/mol. The molecule has 2 rings (SSSR count). The van der Waals surface area contributed by atoms with E-state index in [1.54, 1.807) is 10.9 Å². The minimum absolute atomic E-state index is 0.262. The molecular weight excluding hydrogens is 196 g/mol. The molecule has 2 heterocycles. The van der Waals surface area contributed by atoms with Gasteiger partial charge in [-0.2, -0.15) is 0 Å². The summed E-state index contributed by atoms with van der Waals surface area (Å²) in [5, 5.41) is 7.58. The molecule has 6 heteroatoms. The number of rotatable bonds is 3. The lowest BCUT2D eigenvalue weighted by Gasteiger charge is -2.12. The van der Waals surface area contributed by atoms with Gasteiger partial charge in [-0.3, -0.25) is 14.5 Å². The van der Waals surface area contributed by atoms with Crippen molar-refractivity contribution in [2.45, 2.75) is 6.42 Å². The number of nitrogens with zero attached hydrogens (tertiary/aromatic N) is 4. The third kappa shape index (κ3) is 1.78. The Balaban J connectivity index is 1.97. The maximum absolute atomic E-state index is 11.2. The van der Waals surface area contributed by atoms with Crippen LogP contribution in [0.1, 0.15) is 5.82 Å². The van der Waals surface area contributed by atoms with Crippen molar-refractivity contribution in [1.29, 1.82) is 0 Å². The highest BCUT2D eigenvalue weighted by molar-refractivity contribution is 6.12. The Morgan fingerprint density at radius 1 is 1.27 bits per heavy atom. The fraction of sp³-hybridized carbons (Fsp3) is 0.333. The van der Waals surface area contributed by atoms with Crippen molar-refractivity contribution in [2.24, 2.45) is 7.05 Å². The van der Waals surface area contributed by atoms with E-state index in [1.807, 2.05) is 7.05 Å². The number of hydrogen-bond donors (Lipinski definition) is 0. The molecule has 0 radical (unpaired) electrons. The van der Waals surface area contributed by atoms with E-state index in [0.717, 1.165) is 5.82 Å². The number of aryl methyl sites for hydroxylation is 1. The van der Waals surface area contributed by atoms with E-state index in [0.29, 0.717) is 13.0 Å². The quantitative estimate of drug-likeness (QED) is 0.612. The Bertz CT molecular complexity index is 417. The summed E-state index contributed by atoms with van der Waals surface area (Å²) in [6.07, 6.45) is 4.66. The number of aromatic nitrogens is 3. The highest BCUT2D eigenvalue weighted by atomic mass is 16.2. The van der Waals surface area contributed by atoms with Gasteiger partial charge in [0.2, 0.25) is 0 Å². The van der Waals surface area contributed by atoms with Gasteiger partial charge in [0.15, 0.2) is 0 Å². The molecule has 6 nitrogen and oxygen atoms in total. The van der Waals surface area contributed by atoms with Crippen LogP contribution in [0.4, 0.5) is 0 Å². The largest absolute Gasteiger partial charge is 0.321 e. The summed E-state index contributed by atoms with van der Waals surface area (Å²) in [6, 6.07) is 0. The highest BCUT2D eigenvalue weighted by Crippen LogP contribution is 2.04. The van der Waals surface area contributed by atoms with Gasteiger partial charge in [0.1, 0.15) is 12.2 Å². The van der Waals surface area contributed by atoms with Gasteiger partial charge in [-0.15, -0.1) is 10.2 Å². The molecule has 15 heavy (non-hydrogen) atoms. The monoisotopic (exact) mass is 206 g/mol. The van der Waals surface area contributed by atoms with E-state index in [9.17, 15) is 9.59 Å². The third-order valence-corrected chi connectivity index (χ3v) is 2.26. The molecule has 0 aromatic carbocycles. The van der Waals surface area contributed by atoms with Crippen molar-refractivity contribution in [1.82, 2.24) is 19.7 Å². The van der Waals surface area contributed by atoms with Crippen molar-refractivity contribution >= 4 is 11.8 Å². The lowest BCUT2D eigenvalue weighted by atomic mass is 10.3. The molecule has 1 aromatic rings. The highest BCUT2D eigenvalue weighted by Gasteiger charge is 2.23. The average Bonchev–Trinajstić information content (AvgIpc) is 2.73. The molecule has 1 aliphatic rings. The van der Waals surface area contributed by atoms with Crippen molar-refractivity contribution in [2.75, 3.05) is 6.54 Å². The summed E-state index contributed by atoms with van der Waals surface area (Å²) >= 11 is 0. The number of carbonyl (C=O) groups is 2. The van der Waals surface area contributed by atoms with Crippen LogP contribution in [0.5, 0.6) is 0 Å². The zero-order valence-electron chi connectivity index (χ0n) is 8.25. The van der Waals surface area contributed by atoms with Gasteiger partial charge < -0.3 is 4.57 Å². The van der Waals surface area contributed by atoms with Crippen LogP contribution in [-0.4, -0.2) is 38.0 Å². The molecule has 0 saturated carbocycles. The first-order chi connectivity index (χ1) is 7.18. The van der Waals surface area contributed by atoms with Crippen LogP contribution in [0, 0.1) is 0 Å². The van der Waals surface area contributed by atoms with Crippen molar-refractivity contribution in [3.8, 4) is 0 Å². The van der Waals surface area contributed by atoms with Gasteiger partial charge in [-0.1, -0.05) is 0 Å². The van der Waals surface area contributed by atoms with E-state index in [4.69, 9.17) is 0 Å². The molecule has 78 valence electrons. The zero-order chi connectivity index (χ0) is 10.8. The lowest BCUT2D eigenvalue weighted by molar-refractivity contribution is -0.136. The van der Waals surface area contributed by atoms with Gasteiger partial charge in [0.25, 0.3) is 11.8 Å². The summed E-state index contributed by atoms with van der Waals surface area (Å²) in [6.45, 7) is 0.344. The Morgan fingerprint density at radius 3 is 2.47 bits per heavy atom. The second-order valence-corrected chi connectivity index (χ2v) is 3.27. The van der Waals surface area contributed by atoms with Crippen LogP contribution in [0.3, 0.4) is 0 Å². The first-order valence-corrected chi connectivity index (χ1v) is 4.55. The van der Waals surface area contributed by atoms with Crippen LogP contribution >= 0.6 is 0 Å². The Morgan fingerprint density at radius 2 is 1.93 bits per heavy atom. The van der Waals surface area contributed by atoms with Crippen molar-refractivity contribution in [3.63, 3.8) is 0 Å². The molecular formula is C9H10N4O2. The standard InChI is InChI=1S/C9H10N4O2/c1-12-6-10-11-7(12)4-5-13-8(14)2-3-9(13)15/h2-3,6H,4-5H2,1H3. The minimum Gasteiger partial charge on any atom is -0.321 e. The predicted octanol–water partition coefficient (Wildman–Crippen LogP) is -0.717. The normalized spacial score (nSPS) is 15.4. The summed E-state index contributed by atoms with van der Waals surface area (Å²) in [7, 11) is 1.82. The summed E-state index contributed by atoms with van der Waals surface area (Å²) in [4.78, 5) is 23.6. The lowest BCUT2D eigenvalue weighted by Crippen LogP contribution is -2.32. The summed E-state index contributed by atoms with van der Waals surface area (Å²) < 4.78 is 1.76. The molecule has 0 unspecified atom stereocenters. The molecule has 0 atom stereocenters. The molecule has 0 fully saturated rings. The number of carbonyl (C=O) groups excluding carboxylic acids is 2. The molecule has 1 aromatic heterocycles. The smallest absolute Gasteiger partial charge is 0.253 e. The number of amides is 2. The molecule has 0 aliphatic carbocycles. The van der Waals surface area contributed by atoms with Crippen LogP contribution < -0.4 is 0 Å².